The largest absolute Gasteiger partial charge is 0.288 e. The summed E-state index contributed by atoms with van der Waals surface area (Å²) >= 11 is 0. The highest BCUT2D eigenvalue weighted by atomic mass is 15.3. The molecule has 0 saturated heterocycles. The fourth-order valence-electron chi connectivity index (χ4n) is 3.51. The van der Waals surface area contributed by atoms with E-state index >= 15 is 0 Å². The van der Waals surface area contributed by atoms with E-state index < -0.39 is 0 Å². The number of rotatable bonds is 1. The number of nitrogens with one attached hydrogen (secondary N) is 1. The van der Waals surface area contributed by atoms with Gasteiger partial charge >= 0.3 is 0 Å². The van der Waals surface area contributed by atoms with Crippen LogP contribution in [0.2, 0.25) is 0 Å². The van der Waals surface area contributed by atoms with Crippen molar-refractivity contribution >= 4 is 6.21 Å². The second kappa shape index (κ2) is 10.3. The third kappa shape index (κ3) is 6.36. The maximum absolute atomic E-state index is 4.41. The number of hydrogen-bond donors (Lipinski definition) is 1. The van der Waals surface area contributed by atoms with Crippen LogP contribution < -0.4 is 5.32 Å². The summed E-state index contributed by atoms with van der Waals surface area (Å²) in [5, 5.41) is 3.49. The minimum Gasteiger partial charge on any atom is -0.288 e. The van der Waals surface area contributed by atoms with Gasteiger partial charge in [0.2, 0.25) is 0 Å². The maximum atomic E-state index is 4.41. The molecule has 0 aromatic heterocycles. The first-order chi connectivity index (χ1) is 9.97. The summed E-state index contributed by atoms with van der Waals surface area (Å²) in [5.74, 6) is 0. The van der Waals surface area contributed by atoms with E-state index in [1.807, 2.05) is 0 Å². The molecule has 0 spiro atoms. The molecule has 1 heterocycles. The van der Waals surface area contributed by atoms with Crippen molar-refractivity contribution in [2.24, 2.45) is 4.99 Å². The minimum atomic E-state index is 0.795. The molecular formula is C17H33N3. The van der Waals surface area contributed by atoms with E-state index in [4.69, 9.17) is 0 Å². The van der Waals surface area contributed by atoms with Crippen LogP contribution >= 0.6 is 0 Å². The molecule has 2 rings (SSSR count). The van der Waals surface area contributed by atoms with Crippen molar-refractivity contribution in [1.29, 1.82) is 0 Å². The lowest BCUT2D eigenvalue weighted by molar-refractivity contribution is 0.153. The highest BCUT2D eigenvalue weighted by molar-refractivity contribution is 5.56. The lowest BCUT2D eigenvalue weighted by Gasteiger charge is -2.33. The van der Waals surface area contributed by atoms with Gasteiger partial charge in [-0.05, 0) is 38.6 Å². The third-order valence-electron chi connectivity index (χ3n) is 4.77. The molecule has 3 nitrogen and oxygen atoms in total. The van der Waals surface area contributed by atoms with Crippen LogP contribution in [0.1, 0.15) is 77.0 Å². The second-order valence-electron chi connectivity index (χ2n) is 6.45. The van der Waals surface area contributed by atoms with Gasteiger partial charge in [-0.1, -0.05) is 44.9 Å². The molecule has 1 N–H and O–H groups in total. The summed E-state index contributed by atoms with van der Waals surface area (Å²) in [4.78, 5) is 7.12. The van der Waals surface area contributed by atoms with E-state index in [1.165, 1.54) is 77.2 Å². The number of aliphatic imine (C=N–C) groups is 1. The van der Waals surface area contributed by atoms with Crippen LogP contribution in [0, 0.1) is 0 Å². The van der Waals surface area contributed by atoms with Gasteiger partial charge in [-0.25, -0.2) is 0 Å². The molecule has 1 fully saturated rings. The summed E-state index contributed by atoms with van der Waals surface area (Å²) in [5.41, 5.74) is 0. The summed E-state index contributed by atoms with van der Waals surface area (Å²) in [6, 6.07) is 0.809. The van der Waals surface area contributed by atoms with Crippen LogP contribution in [-0.4, -0.2) is 37.0 Å². The van der Waals surface area contributed by atoms with E-state index in [-0.39, 0.29) is 0 Å². The van der Waals surface area contributed by atoms with Crippen LogP contribution in [0.25, 0.3) is 0 Å². The molecule has 0 unspecified atom stereocenters. The zero-order chi connectivity index (χ0) is 13.9. The predicted octanol–water partition coefficient (Wildman–Crippen LogP) is 3.94. The Bertz CT molecular complexity index is 255. The van der Waals surface area contributed by atoms with E-state index in [0.717, 1.165) is 25.8 Å². The smallest absolute Gasteiger partial charge is 0.0890 e. The molecule has 0 aromatic rings. The Morgan fingerprint density at radius 1 is 0.850 bits per heavy atom. The molecule has 1 saturated carbocycles. The van der Waals surface area contributed by atoms with Crippen molar-refractivity contribution in [2.45, 2.75) is 83.1 Å². The van der Waals surface area contributed by atoms with E-state index in [9.17, 15) is 0 Å². The molecule has 3 heteroatoms. The van der Waals surface area contributed by atoms with Crippen LogP contribution in [0.4, 0.5) is 0 Å². The van der Waals surface area contributed by atoms with Gasteiger partial charge in [-0.2, -0.15) is 0 Å². The monoisotopic (exact) mass is 279 g/mol. The molecular weight excluding hydrogens is 246 g/mol. The van der Waals surface area contributed by atoms with E-state index in [1.54, 1.807) is 0 Å². The van der Waals surface area contributed by atoms with E-state index in [2.05, 4.69) is 21.4 Å². The van der Waals surface area contributed by atoms with Crippen LogP contribution in [0.5, 0.6) is 0 Å². The minimum absolute atomic E-state index is 0.795. The van der Waals surface area contributed by atoms with Gasteiger partial charge in [0.1, 0.15) is 0 Å². The predicted molar refractivity (Wildman–Crippen MR) is 87.3 cm³/mol. The van der Waals surface area contributed by atoms with Crippen molar-refractivity contribution in [3.63, 3.8) is 0 Å². The molecule has 0 amide bonds. The van der Waals surface area contributed by atoms with Crippen molar-refractivity contribution in [2.75, 3.05) is 19.9 Å². The van der Waals surface area contributed by atoms with Gasteiger partial charge in [0.15, 0.2) is 0 Å². The van der Waals surface area contributed by atoms with Crippen molar-refractivity contribution in [3.05, 3.63) is 0 Å². The summed E-state index contributed by atoms with van der Waals surface area (Å²) in [7, 11) is 0. The molecule has 1 aliphatic heterocycles. The van der Waals surface area contributed by atoms with Gasteiger partial charge in [-0.15, -0.1) is 0 Å². The fourth-order valence-corrected chi connectivity index (χ4v) is 3.51. The quantitative estimate of drug-likeness (QED) is 0.787. The Labute approximate surface area is 125 Å². The highest BCUT2D eigenvalue weighted by Crippen LogP contribution is 2.21. The Morgan fingerprint density at radius 3 is 2.30 bits per heavy atom. The molecule has 0 bridgehead atoms. The van der Waals surface area contributed by atoms with Gasteiger partial charge in [0.25, 0.3) is 0 Å². The van der Waals surface area contributed by atoms with Crippen LogP contribution in [-0.2, 0) is 0 Å². The summed E-state index contributed by atoms with van der Waals surface area (Å²) in [6.45, 7) is 3.09. The number of hydrogen-bond acceptors (Lipinski definition) is 3. The number of nitrogens with zero attached hydrogens (tertiary/aromatic N) is 2. The van der Waals surface area contributed by atoms with Crippen molar-refractivity contribution in [1.82, 2.24) is 10.2 Å². The van der Waals surface area contributed by atoms with Gasteiger partial charge in [0, 0.05) is 18.9 Å². The topological polar surface area (TPSA) is 27.6 Å². The van der Waals surface area contributed by atoms with Gasteiger partial charge < -0.3 is 0 Å². The average molecular weight is 279 g/mol. The zero-order valence-corrected chi connectivity index (χ0v) is 13.2. The SMILES string of the molecule is C1=NCNCN(C2CCCCCCCCC2)CCCC1. The molecule has 1 aliphatic carbocycles. The van der Waals surface area contributed by atoms with Crippen LogP contribution in [0.3, 0.4) is 0 Å². The Kier molecular flexibility index (Phi) is 8.25. The Morgan fingerprint density at radius 2 is 1.55 bits per heavy atom. The molecule has 0 atom stereocenters. The first-order valence-electron chi connectivity index (χ1n) is 8.90. The normalized spacial score (nSPS) is 26.2. The lowest BCUT2D eigenvalue weighted by atomic mass is 9.96. The molecule has 20 heavy (non-hydrogen) atoms. The van der Waals surface area contributed by atoms with Crippen molar-refractivity contribution < 1.29 is 0 Å². The molecule has 2 aliphatic rings. The summed E-state index contributed by atoms with van der Waals surface area (Å²) < 4.78 is 0. The first kappa shape index (κ1) is 16.0. The van der Waals surface area contributed by atoms with Crippen molar-refractivity contribution in [3.8, 4) is 0 Å². The highest BCUT2D eigenvalue weighted by Gasteiger charge is 2.18. The average Bonchev–Trinajstić information content (AvgIpc) is 2.50. The fraction of sp³-hybridized carbons (Fsp3) is 0.941. The lowest BCUT2D eigenvalue weighted by Crippen LogP contribution is -2.42. The molecule has 0 radical (unpaired) electrons. The van der Waals surface area contributed by atoms with Gasteiger partial charge in [-0.3, -0.25) is 15.2 Å². The third-order valence-corrected chi connectivity index (χ3v) is 4.77. The zero-order valence-electron chi connectivity index (χ0n) is 13.2. The molecule has 0 aromatic carbocycles. The Balaban J connectivity index is 1.84. The second-order valence-corrected chi connectivity index (χ2v) is 6.45. The standard InChI is InChI=1S/C17H33N3/c1-2-4-7-11-17(12-8-5-3-1)20-14-10-6-9-13-18-15-19-16-20/h13,17,19H,1-12,14-16H2. The molecule has 116 valence electrons. The van der Waals surface area contributed by atoms with E-state index in [0.29, 0.717) is 0 Å². The maximum Gasteiger partial charge on any atom is 0.0890 e. The first-order valence-corrected chi connectivity index (χ1v) is 8.90. The Hall–Kier alpha value is -0.410. The van der Waals surface area contributed by atoms with Crippen LogP contribution in [0.15, 0.2) is 4.99 Å². The van der Waals surface area contributed by atoms with Gasteiger partial charge in [0.05, 0.1) is 6.67 Å². The summed E-state index contributed by atoms with van der Waals surface area (Å²) in [6.07, 6.45) is 18.8.